The molecular weight excluding hydrogens is 287 g/mol. The summed E-state index contributed by atoms with van der Waals surface area (Å²) < 4.78 is 10.0. The van der Waals surface area contributed by atoms with Gasteiger partial charge in [0.05, 0.1) is 13.2 Å². The minimum atomic E-state index is -0.476. The quantitative estimate of drug-likeness (QED) is 0.855. The summed E-state index contributed by atoms with van der Waals surface area (Å²) in [6.45, 7) is 0. The van der Waals surface area contributed by atoms with Crippen LogP contribution in [0.4, 0.5) is 0 Å². The number of ether oxygens (including phenoxy) is 1. The molecule has 0 unspecified atom stereocenters. The molecule has 0 aliphatic rings. The Kier molecular flexibility index (Phi) is 4.30. The van der Waals surface area contributed by atoms with Gasteiger partial charge in [-0.05, 0) is 35.9 Å². The highest BCUT2D eigenvalue weighted by atomic mass is 35.5. The van der Waals surface area contributed by atoms with Crippen molar-refractivity contribution in [3.63, 3.8) is 0 Å². The van der Waals surface area contributed by atoms with Gasteiger partial charge in [-0.2, -0.15) is 0 Å². The maximum absolute atomic E-state index is 11.3. The van der Waals surface area contributed by atoms with Crippen LogP contribution in [0.2, 0.25) is 10.0 Å². The summed E-state index contributed by atoms with van der Waals surface area (Å²) in [5.74, 6) is 0.813. The summed E-state index contributed by atoms with van der Waals surface area (Å²) >= 11 is 11.9. The van der Waals surface area contributed by atoms with Crippen molar-refractivity contribution in [3.8, 4) is 5.75 Å². The molecule has 2 aromatic rings. The van der Waals surface area contributed by atoms with E-state index in [1.54, 1.807) is 36.4 Å². The first-order valence-electron chi connectivity index (χ1n) is 5.41. The highest BCUT2D eigenvalue weighted by Gasteiger charge is 2.01. The summed E-state index contributed by atoms with van der Waals surface area (Å²) in [6, 6.07) is 8.00. The Labute approximate surface area is 120 Å². The second-order valence-electron chi connectivity index (χ2n) is 3.72. The van der Waals surface area contributed by atoms with Crippen LogP contribution in [0.5, 0.6) is 5.75 Å². The van der Waals surface area contributed by atoms with Crippen LogP contribution in [0.15, 0.2) is 39.5 Å². The topological polar surface area (TPSA) is 39.4 Å². The van der Waals surface area contributed by atoms with Crippen LogP contribution in [-0.4, -0.2) is 7.11 Å². The Bertz CT molecular complexity index is 675. The SMILES string of the molecule is COc1cc(/C=C/c2cc(Cl)ccc2Cl)oc(=O)c1. The Morgan fingerprint density at radius 3 is 2.68 bits per heavy atom. The molecule has 0 saturated carbocycles. The number of hydrogen-bond donors (Lipinski definition) is 0. The zero-order valence-electron chi connectivity index (χ0n) is 10.0. The Hall–Kier alpha value is -1.71. The molecule has 0 bridgehead atoms. The molecule has 1 heterocycles. The minimum Gasteiger partial charge on any atom is -0.496 e. The lowest BCUT2D eigenvalue weighted by Gasteiger charge is -2.00. The van der Waals surface area contributed by atoms with Gasteiger partial charge >= 0.3 is 5.63 Å². The van der Waals surface area contributed by atoms with E-state index < -0.39 is 5.63 Å². The van der Waals surface area contributed by atoms with Crippen LogP contribution in [-0.2, 0) is 0 Å². The van der Waals surface area contributed by atoms with Gasteiger partial charge in [0, 0.05) is 16.1 Å². The monoisotopic (exact) mass is 296 g/mol. The third-order valence-corrected chi connectivity index (χ3v) is 2.96. The molecule has 0 aliphatic heterocycles. The van der Waals surface area contributed by atoms with E-state index >= 15 is 0 Å². The average molecular weight is 297 g/mol. The minimum absolute atomic E-state index is 0.375. The maximum Gasteiger partial charge on any atom is 0.339 e. The Morgan fingerprint density at radius 2 is 1.95 bits per heavy atom. The predicted molar refractivity (Wildman–Crippen MR) is 76.9 cm³/mol. The van der Waals surface area contributed by atoms with Gasteiger partial charge in [-0.15, -0.1) is 0 Å². The molecule has 19 heavy (non-hydrogen) atoms. The van der Waals surface area contributed by atoms with Crippen molar-refractivity contribution >= 4 is 35.4 Å². The van der Waals surface area contributed by atoms with Gasteiger partial charge in [0.1, 0.15) is 11.5 Å². The lowest BCUT2D eigenvalue weighted by atomic mass is 10.2. The molecule has 0 N–H and O–H groups in total. The normalized spacial score (nSPS) is 10.9. The van der Waals surface area contributed by atoms with Crippen LogP contribution in [0.1, 0.15) is 11.3 Å². The fourth-order valence-corrected chi connectivity index (χ4v) is 1.85. The molecule has 0 saturated heterocycles. The summed E-state index contributed by atoms with van der Waals surface area (Å²) in [4.78, 5) is 11.3. The zero-order valence-corrected chi connectivity index (χ0v) is 11.5. The molecule has 0 amide bonds. The molecule has 0 aliphatic carbocycles. The molecule has 0 fully saturated rings. The molecular formula is C14H10Cl2O3. The highest BCUT2D eigenvalue weighted by molar-refractivity contribution is 6.34. The van der Waals surface area contributed by atoms with Crippen molar-refractivity contribution in [1.29, 1.82) is 0 Å². The van der Waals surface area contributed by atoms with Gasteiger partial charge in [0.15, 0.2) is 0 Å². The van der Waals surface area contributed by atoms with E-state index in [-0.39, 0.29) is 0 Å². The molecule has 0 spiro atoms. The third kappa shape index (κ3) is 3.63. The number of hydrogen-bond acceptors (Lipinski definition) is 3. The molecule has 1 aromatic heterocycles. The second kappa shape index (κ2) is 5.95. The van der Waals surface area contributed by atoms with Gasteiger partial charge in [0.25, 0.3) is 0 Å². The van der Waals surface area contributed by atoms with E-state index in [0.29, 0.717) is 21.6 Å². The van der Waals surface area contributed by atoms with E-state index in [0.717, 1.165) is 5.56 Å². The smallest absolute Gasteiger partial charge is 0.339 e. The predicted octanol–water partition coefficient (Wildman–Crippen LogP) is 4.13. The van der Waals surface area contributed by atoms with Crippen molar-refractivity contribution in [2.45, 2.75) is 0 Å². The second-order valence-corrected chi connectivity index (χ2v) is 4.56. The molecule has 1 aromatic carbocycles. The van der Waals surface area contributed by atoms with Gasteiger partial charge in [-0.1, -0.05) is 23.2 Å². The Morgan fingerprint density at radius 1 is 1.16 bits per heavy atom. The fourth-order valence-electron chi connectivity index (χ4n) is 1.49. The van der Waals surface area contributed by atoms with Gasteiger partial charge in [0.2, 0.25) is 0 Å². The van der Waals surface area contributed by atoms with Crippen LogP contribution < -0.4 is 10.4 Å². The zero-order chi connectivity index (χ0) is 13.8. The highest BCUT2D eigenvalue weighted by Crippen LogP contribution is 2.23. The van der Waals surface area contributed by atoms with Crippen molar-refractivity contribution in [2.75, 3.05) is 7.11 Å². The van der Waals surface area contributed by atoms with E-state index in [4.69, 9.17) is 32.4 Å². The van der Waals surface area contributed by atoms with Gasteiger partial charge < -0.3 is 9.15 Å². The lowest BCUT2D eigenvalue weighted by molar-refractivity contribution is 0.400. The summed E-state index contributed by atoms with van der Waals surface area (Å²) in [7, 11) is 1.48. The summed E-state index contributed by atoms with van der Waals surface area (Å²) in [6.07, 6.45) is 3.34. The molecule has 0 atom stereocenters. The van der Waals surface area contributed by atoms with E-state index in [9.17, 15) is 4.79 Å². The maximum atomic E-state index is 11.3. The first-order valence-corrected chi connectivity index (χ1v) is 6.16. The standard InChI is InChI=1S/C14H10Cl2O3/c1-18-12-7-11(19-14(17)8-12)4-2-9-6-10(15)3-5-13(9)16/h2-8H,1H3/b4-2+. The summed E-state index contributed by atoms with van der Waals surface area (Å²) in [5, 5.41) is 1.14. The number of rotatable bonds is 3. The number of methoxy groups -OCH3 is 1. The van der Waals surface area contributed by atoms with Crippen LogP contribution in [0.3, 0.4) is 0 Å². The fraction of sp³-hybridized carbons (Fsp3) is 0.0714. The summed E-state index contributed by atoms with van der Waals surface area (Å²) in [5.41, 5.74) is 0.260. The number of halogens is 2. The molecule has 0 radical (unpaired) electrons. The third-order valence-electron chi connectivity index (χ3n) is 2.38. The van der Waals surface area contributed by atoms with Crippen molar-refractivity contribution in [2.24, 2.45) is 0 Å². The number of benzene rings is 1. The molecule has 3 nitrogen and oxygen atoms in total. The van der Waals surface area contributed by atoms with Crippen molar-refractivity contribution in [1.82, 2.24) is 0 Å². The molecule has 98 valence electrons. The first-order chi connectivity index (χ1) is 9.08. The lowest BCUT2D eigenvalue weighted by Crippen LogP contribution is -1.98. The van der Waals surface area contributed by atoms with E-state index in [1.165, 1.54) is 13.2 Å². The molecule has 2 rings (SSSR count). The van der Waals surface area contributed by atoms with Crippen LogP contribution in [0.25, 0.3) is 12.2 Å². The van der Waals surface area contributed by atoms with Crippen LogP contribution >= 0.6 is 23.2 Å². The van der Waals surface area contributed by atoms with E-state index in [2.05, 4.69) is 0 Å². The Balaban J connectivity index is 2.34. The average Bonchev–Trinajstić information content (AvgIpc) is 2.39. The van der Waals surface area contributed by atoms with Crippen molar-refractivity contribution < 1.29 is 9.15 Å². The van der Waals surface area contributed by atoms with Gasteiger partial charge in [-0.3, -0.25) is 0 Å². The first kappa shape index (κ1) is 13.7. The molecule has 5 heteroatoms. The largest absolute Gasteiger partial charge is 0.496 e. The van der Waals surface area contributed by atoms with E-state index in [1.807, 2.05) is 0 Å². The van der Waals surface area contributed by atoms with Crippen LogP contribution in [0, 0.1) is 0 Å². The van der Waals surface area contributed by atoms with Gasteiger partial charge in [-0.25, -0.2) is 4.79 Å². The van der Waals surface area contributed by atoms with Crippen molar-refractivity contribution in [3.05, 3.63) is 62.1 Å².